The van der Waals surface area contributed by atoms with Crippen LogP contribution in [0.1, 0.15) is 5.56 Å². The first-order valence-corrected chi connectivity index (χ1v) is 4.55. The van der Waals surface area contributed by atoms with Gasteiger partial charge >= 0.3 is 0 Å². The quantitative estimate of drug-likeness (QED) is 0.633. The van der Waals surface area contributed by atoms with E-state index in [9.17, 15) is 0 Å². The lowest BCUT2D eigenvalue weighted by Crippen LogP contribution is -1.89. The molecule has 1 rings (SSSR count). The summed E-state index contributed by atoms with van der Waals surface area (Å²) in [5.41, 5.74) is 1.21. The molecule has 0 atom stereocenters. The van der Waals surface area contributed by atoms with Gasteiger partial charge in [0.15, 0.2) is 0 Å². The van der Waals surface area contributed by atoms with Crippen LogP contribution in [0.4, 0.5) is 0 Å². The first kappa shape index (κ1) is 8.40. The summed E-state index contributed by atoms with van der Waals surface area (Å²) in [4.78, 5) is 5.29. The van der Waals surface area contributed by atoms with Crippen molar-refractivity contribution in [2.75, 3.05) is 13.4 Å². The van der Waals surface area contributed by atoms with Gasteiger partial charge in [-0.1, -0.05) is 0 Å². The lowest BCUT2D eigenvalue weighted by molar-refractivity contribution is 0.397. The topological polar surface area (TPSA) is 22.1 Å². The zero-order chi connectivity index (χ0) is 8.27. The van der Waals surface area contributed by atoms with Crippen molar-refractivity contribution in [1.29, 1.82) is 0 Å². The van der Waals surface area contributed by atoms with Gasteiger partial charge in [0.1, 0.15) is 0 Å². The van der Waals surface area contributed by atoms with Gasteiger partial charge in [-0.15, -0.1) is 11.8 Å². The standard InChI is InChI=1S/C8H11NOS/c1-6-4-8(10-2)9-5-7(6)11-3/h4-5H,1-3H3. The van der Waals surface area contributed by atoms with Gasteiger partial charge in [-0.2, -0.15) is 0 Å². The normalized spacial score (nSPS) is 9.73. The van der Waals surface area contributed by atoms with Crippen LogP contribution in [0.15, 0.2) is 17.2 Å². The highest BCUT2D eigenvalue weighted by Gasteiger charge is 1.98. The molecule has 1 aromatic heterocycles. The molecule has 0 N–H and O–H groups in total. The summed E-state index contributed by atoms with van der Waals surface area (Å²) < 4.78 is 4.97. The number of methoxy groups -OCH3 is 1. The van der Waals surface area contributed by atoms with E-state index in [1.165, 1.54) is 10.5 Å². The van der Waals surface area contributed by atoms with E-state index in [4.69, 9.17) is 4.74 Å². The number of ether oxygens (including phenoxy) is 1. The van der Waals surface area contributed by atoms with Crippen molar-refractivity contribution in [3.05, 3.63) is 17.8 Å². The third kappa shape index (κ3) is 1.87. The molecule has 0 spiro atoms. The minimum Gasteiger partial charge on any atom is -0.481 e. The van der Waals surface area contributed by atoms with Crippen molar-refractivity contribution in [2.24, 2.45) is 0 Å². The molecule has 2 nitrogen and oxygen atoms in total. The summed E-state index contributed by atoms with van der Waals surface area (Å²) in [5.74, 6) is 0.681. The highest BCUT2D eigenvalue weighted by Crippen LogP contribution is 2.21. The second kappa shape index (κ2) is 3.62. The smallest absolute Gasteiger partial charge is 0.213 e. The molecule has 0 amide bonds. The molecule has 0 saturated heterocycles. The fraction of sp³-hybridized carbons (Fsp3) is 0.375. The number of hydrogen-bond acceptors (Lipinski definition) is 3. The predicted molar refractivity (Wildman–Crippen MR) is 47.3 cm³/mol. The van der Waals surface area contributed by atoms with E-state index >= 15 is 0 Å². The number of nitrogens with zero attached hydrogens (tertiary/aromatic N) is 1. The summed E-state index contributed by atoms with van der Waals surface area (Å²) in [6.45, 7) is 2.05. The summed E-state index contributed by atoms with van der Waals surface area (Å²) in [6, 6.07) is 1.94. The predicted octanol–water partition coefficient (Wildman–Crippen LogP) is 2.12. The molecule has 0 aliphatic carbocycles. The van der Waals surface area contributed by atoms with Crippen LogP contribution < -0.4 is 4.74 Å². The van der Waals surface area contributed by atoms with Crippen LogP contribution >= 0.6 is 11.8 Å². The van der Waals surface area contributed by atoms with Crippen LogP contribution in [0, 0.1) is 6.92 Å². The van der Waals surface area contributed by atoms with E-state index in [1.807, 2.05) is 18.5 Å². The monoisotopic (exact) mass is 169 g/mol. The molecular formula is C8H11NOS. The van der Waals surface area contributed by atoms with Gasteiger partial charge in [-0.25, -0.2) is 4.98 Å². The fourth-order valence-corrected chi connectivity index (χ4v) is 1.38. The van der Waals surface area contributed by atoms with Gasteiger partial charge in [0.2, 0.25) is 5.88 Å². The molecule has 60 valence electrons. The molecule has 0 unspecified atom stereocenters. The zero-order valence-electron chi connectivity index (χ0n) is 6.92. The summed E-state index contributed by atoms with van der Waals surface area (Å²) in [5, 5.41) is 0. The largest absolute Gasteiger partial charge is 0.481 e. The Kier molecular flexibility index (Phi) is 2.76. The SMILES string of the molecule is COc1cc(C)c(SC)cn1. The highest BCUT2D eigenvalue weighted by atomic mass is 32.2. The Morgan fingerprint density at radius 2 is 2.27 bits per heavy atom. The molecule has 1 aromatic rings. The van der Waals surface area contributed by atoms with Crippen molar-refractivity contribution in [3.8, 4) is 5.88 Å². The van der Waals surface area contributed by atoms with Crippen molar-refractivity contribution in [3.63, 3.8) is 0 Å². The first-order chi connectivity index (χ1) is 5.27. The number of thioether (sulfide) groups is 1. The Hall–Kier alpha value is -0.700. The van der Waals surface area contributed by atoms with Crippen LogP contribution in [-0.4, -0.2) is 18.3 Å². The Balaban J connectivity index is 2.99. The second-order valence-corrected chi connectivity index (χ2v) is 3.04. The van der Waals surface area contributed by atoms with Crippen molar-refractivity contribution < 1.29 is 4.74 Å². The minimum absolute atomic E-state index is 0.681. The number of aryl methyl sites for hydroxylation is 1. The average Bonchev–Trinajstić information content (AvgIpc) is 2.04. The van der Waals surface area contributed by atoms with Crippen LogP contribution in [0.5, 0.6) is 5.88 Å². The van der Waals surface area contributed by atoms with Gasteiger partial charge in [0, 0.05) is 17.2 Å². The molecule has 0 saturated carbocycles. The molecular weight excluding hydrogens is 158 g/mol. The third-order valence-electron chi connectivity index (χ3n) is 1.47. The van der Waals surface area contributed by atoms with Crippen LogP contribution in [0.2, 0.25) is 0 Å². The average molecular weight is 169 g/mol. The van der Waals surface area contributed by atoms with Crippen molar-refractivity contribution in [1.82, 2.24) is 4.98 Å². The highest BCUT2D eigenvalue weighted by molar-refractivity contribution is 7.98. The van der Waals surface area contributed by atoms with Crippen LogP contribution in [0.3, 0.4) is 0 Å². The van der Waals surface area contributed by atoms with Gasteiger partial charge in [-0.05, 0) is 18.7 Å². The molecule has 0 bridgehead atoms. The molecule has 0 fully saturated rings. The van der Waals surface area contributed by atoms with E-state index in [-0.39, 0.29) is 0 Å². The maximum atomic E-state index is 4.97. The molecule has 3 heteroatoms. The number of aromatic nitrogens is 1. The molecule has 0 aromatic carbocycles. The van der Waals surface area contributed by atoms with Crippen LogP contribution in [0.25, 0.3) is 0 Å². The second-order valence-electron chi connectivity index (χ2n) is 2.20. The molecule has 0 radical (unpaired) electrons. The number of hydrogen-bond donors (Lipinski definition) is 0. The van der Waals surface area contributed by atoms with E-state index < -0.39 is 0 Å². The Morgan fingerprint density at radius 3 is 2.73 bits per heavy atom. The molecule has 11 heavy (non-hydrogen) atoms. The lowest BCUT2D eigenvalue weighted by Gasteiger charge is -2.03. The number of pyridine rings is 1. The summed E-state index contributed by atoms with van der Waals surface area (Å²) in [6.07, 6.45) is 3.87. The Labute approximate surface area is 71.0 Å². The van der Waals surface area contributed by atoms with E-state index in [0.717, 1.165) is 0 Å². The molecule has 0 aliphatic heterocycles. The molecule has 0 aliphatic rings. The maximum Gasteiger partial charge on any atom is 0.213 e. The van der Waals surface area contributed by atoms with Crippen molar-refractivity contribution in [2.45, 2.75) is 11.8 Å². The van der Waals surface area contributed by atoms with E-state index in [2.05, 4.69) is 11.9 Å². The Morgan fingerprint density at radius 1 is 1.55 bits per heavy atom. The zero-order valence-corrected chi connectivity index (χ0v) is 7.73. The van der Waals surface area contributed by atoms with E-state index in [1.54, 1.807) is 18.9 Å². The molecule has 1 heterocycles. The minimum atomic E-state index is 0.681. The van der Waals surface area contributed by atoms with Gasteiger partial charge in [-0.3, -0.25) is 0 Å². The van der Waals surface area contributed by atoms with Gasteiger partial charge in [0.25, 0.3) is 0 Å². The maximum absolute atomic E-state index is 4.97. The number of rotatable bonds is 2. The third-order valence-corrected chi connectivity index (χ3v) is 2.33. The van der Waals surface area contributed by atoms with Crippen LogP contribution in [-0.2, 0) is 0 Å². The summed E-state index contributed by atoms with van der Waals surface area (Å²) in [7, 11) is 1.63. The fourth-order valence-electron chi connectivity index (χ4n) is 0.843. The van der Waals surface area contributed by atoms with Crippen molar-refractivity contribution >= 4 is 11.8 Å². The Bertz CT molecular complexity index is 250. The summed E-state index contributed by atoms with van der Waals surface area (Å²) >= 11 is 1.70. The first-order valence-electron chi connectivity index (χ1n) is 3.32. The lowest BCUT2D eigenvalue weighted by atomic mass is 10.3. The van der Waals surface area contributed by atoms with Gasteiger partial charge in [0.05, 0.1) is 7.11 Å². The van der Waals surface area contributed by atoms with E-state index in [0.29, 0.717) is 5.88 Å². The van der Waals surface area contributed by atoms with Gasteiger partial charge < -0.3 is 4.74 Å².